The molecule has 7 heteroatoms. The molecule has 0 spiro atoms. The molecule has 3 aromatic rings. The first-order chi connectivity index (χ1) is 13.9. The molecular formula is C22H21NO4S2. The number of anilines is 1. The molecular weight excluding hydrogens is 406 g/mol. The number of sulfonamides is 1. The molecule has 0 aliphatic heterocycles. The predicted molar refractivity (Wildman–Crippen MR) is 116 cm³/mol. The van der Waals surface area contributed by atoms with E-state index in [0.29, 0.717) is 23.6 Å². The normalized spacial score (nSPS) is 18.3. The molecule has 0 unspecified atom stereocenters. The number of rotatable bonds is 6. The smallest absolute Gasteiger partial charge is 0.229 e. The van der Waals surface area contributed by atoms with Crippen LogP contribution in [0.4, 0.5) is 5.69 Å². The number of ether oxygens (including phenoxy) is 1. The molecule has 1 aliphatic rings. The molecule has 150 valence electrons. The molecule has 0 amide bonds. The molecule has 1 aliphatic carbocycles. The number of nitrogens with one attached hydrogen (secondary N) is 1. The van der Waals surface area contributed by atoms with E-state index in [1.54, 1.807) is 36.0 Å². The second-order valence-corrected chi connectivity index (χ2v) is 10.0. The first kappa shape index (κ1) is 19.8. The fourth-order valence-corrected chi connectivity index (χ4v) is 5.14. The maximum absolute atomic E-state index is 11.9. The molecule has 0 aromatic heterocycles. The molecule has 0 fully saturated rings. The third-order valence-electron chi connectivity index (χ3n) is 4.63. The average Bonchev–Trinajstić information content (AvgIpc) is 2.97. The summed E-state index contributed by atoms with van der Waals surface area (Å²) >= 11 is 1.62. The van der Waals surface area contributed by atoms with Crippen LogP contribution in [-0.4, -0.2) is 25.0 Å². The van der Waals surface area contributed by atoms with Crippen LogP contribution in [0.2, 0.25) is 0 Å². The van der Waals surface area contributed by atoms with Crippen LogP contribution in [0.25, 0.3) is 0 Å². The monoisotopic (exact) mass is 427 g/mol. The van der Waals surface area contributed by atoms with E-state index in [1.807, 2.05) is 48.5 Å². The molecule has 0 saturated heterocycles. The standard InChI is InChI=1S/C22H21NO4S2/c1-29(25,26)23-19-12-15-13-21(28-17-10-6-3-7-11-17)22(24)18(15)14-20(19)27-16-8-4-2-5-9-16/h2-12,14,21-24H,13H2,1H3/t21-,22+/m0/s1. The number of para-hydroxylation sites is 1. The largest absolute Gasteiger partial charge is 0.455 e. The lowest BCUT2D eigenvalue weighted by Crippen LogP contribution is -2.11. The van der Waals surface area contributed by atoms with Crippen molar-refractivity contribution >= 4 is 27.5 Å². The van der Waals surface area contributed by atoms with Crippen molar-refractivity contribution in [2.24, 2.45) is 0 Å². The van der Waals surface area contributed by atoms with Gasteiger partial charge in [-0.2, -0.15) is 0 Å². The number of aliphatic hydroxyl groups is 1. The van der Waals surface area contributed by atoms with Crippen LogP contribution >= 0.6 is 11.8 Å². The zero-order chi connectivity index (χ0) is 20.4. The third kappa shape index (κ3) is 4.75. The molecule has 2 atom stereocenters. The van der Waals surface area contributed by atoms with E-state index < -0.39 is 16.1 Å². The summed E-state index contributed by atoms with van der Waals surface area (Å²) in [5.74, 6) is 0.955. The number of aliphatic hydroxyl groups excluding tert-OH is 1. The summed E-state index contributed by atoms with van der Waals surface area (Å²) in [4.78, 5) is 1.08. The molecule has 5 nitrogen and oxygen atoms in total. The van der Waals surface area contributed by atoms with Crippen LogP contribution in [0.15, 0.2) is 77.7 Å². The van der Waals surface area contributed by atoms with Crippen LogP contribution in [0.1, 0.15) is 17.2 Å². The van der Waals surface area contributed by atoms with Crippen LogP contribution in [0.3, 0.4) is 0 Å². The summed E-state index contributed by atoms with van der Waals surface area (Å²) < 4.78 is 32.2. The molecule has 0 radical (unpaired) electrons. The number of benzene rings is 3. The third-order valence-corrected chi connectivity index (χ3v) is 6.49. The molecule has 0 bridgehead atoms. The van der Waals surface area contributed by atoms with Crippen LogP contribution in [0.5, 0.6) is 11.5 Å². The van der Waals surface area contributed by atoms with Crippen molar-refractivity contribution in [3.05, 3.63) is 83.9 Å². The van der Waals surface area contributed by atoms with Gasteiger partial charge in [0.15, 0.2) is 5.75 Å². The zero-order valence-corrected chi connectivity index (χ0v) is 17.4. The van der Waals surface area contributed by atoms with Gasteiger partial charge in [0.2, 0.25) is 10.0 Å². The Bertz CT molecular complexity index is 1100. The van der Waals surface area contributed by atoms with E-state index in [9.17, 15) is 13.5 Å². The van der Waals surface area contributed by atoms with E-state index in [0.717, 1.165) is 22.3 Å². The maximum atomic E-state index is 11.9. The Morgan fingerprint density at radius 1 is 1.03 bits per heavy atom. The Morgan fingerprint density at radius 2 is 1.69 bits per heavy atom. The quantitative estimate of drug-likeness (QED) is 0.601. The van der Waals surface area contributed by atoms with Crippen molar-refractivity contribution in [1.82, 2.24) is 0 Å². The van der Waals surface area contributed by atoms with Gasteiger partial charge in [-0.3, -0.25) is 4.72 Å². The van der Waals surface area contributed by atoms with E-state index in [-0.39, 0.29) is 5.25 Å². The Labute approximate surface area is 174 Å². The van der Waals surface area contributed by atoms with Crippen molar-refractivity contribution < 1.29 is 18.3 Å². The van der Waals surface area contributed by atoms with Gasteiger partial charge in [0.25, 0.3) is 0 Å². The lowest BCUT2D eigenvalue weighted by atomic mass is 10.1. The van der Waals surface area contributed by atoms with Gasteiger partial charge in [0, 0.05) is 10.1 Å². The Kier molecular flexibility index (Phi) is 5.54. The highest BCUT2D eigenvalue weighted by Gasteiger charge is 2.33. The van der Waals surface area contributed by atoms with Gasteiger partial charge in [-0.25, -0.2) is 8.42 Å². The van der Waals surface area contributed by atoms with Crippen molar-refractivity contribution in [2.45, 2.75) is 22.7 Å². The minimum Gasteiger partial charge on any atom is -0.455 e. The van der Waals surface area contributed by atoms with Crippen LogP contribution in [-0.2, 0) is 16.4 Å². The Hall–Kier alpha value is -2.48. The van der Waals surface area contributed by atoms with E-state index in [1.165, 1.54) is 0 Å². The fourth-order valence-electron chi connectivity index (χ4n) is 3.38. The number of hydrogen-bond acceptors (Lipinski definition) is 5. The molecule has 0 saturated carbocycles. The van der Waals surface area contributed by atoms with Crippen molar-refractivity contribution in [3.63, 3.8) is 0 Å². The van der Waals surface area contributed by atoms with Crippen LogP contribution < -0.4 is 9.46 Å². The van der Waals surface area contributed by atoms with E-state index >= 15 is 0 Å². The summed E-state index contributed by atoms with van der Waals surface area (Å²) in [6.07, 6.45) is 1.08. The molecule has 0 heterocycles. The number of hydrogen-bond donors (Lipinski definition) is 2. The Morgan fingerprint density at radius 3 is 2.34 bits per heavy atom. The van der Waals surface area contributed by atoms with E-state index in [2.05, 4.69) is 4.72 Å². The first-order valence-electron chi connectivity index (χ1n) is 9.16. The minimum atomic E-state index is -3.48. The molecule has 4 rings (SSSR count). The minimum absolute atomic E-state index is 0.0505. The van der Waals surface area contributed by atoms with Gasteiger partial charge < -0.3 is 9.84 Å². The highest BCUT2D eigenvalue weighted by atomic mass is 32.2. The lowest BCUT2D eigenvalue weighted by Gasteiger charge is -2.16. The fraction of sp³-hybridized carbons (Fsp3) is 0.182. The summed E-state index contributed by atoms with van der Waals surface area (Å²) in [6.45, 7) is 0. The zero-order valence-electron chi connectivity index (χ0n) is 15.8. The molecule has 2 N–H and O–H groups in total. The van der Waals surface area contributed by atoms with Gasteiger partial charge in [0.05, 0.1) is 18.0 Å². The van der Waals surface area contributed by atoms with Gasteiger partial charge >= 0.3 is 0 Å². The summed E-state index contributed by atoms with van der Waals surface area (Å²) in [5.41, 5.74) is 2.05. The van der Waals surface area contributed by atoms with Crippen LogP contribution in [0, 0.1) is 0 Å². The Balaban J connectivity index is 1.67. The highest BCUT2D eigenvalue weighted by molar-refractivity contribution is 8.00. The van der Waals surface area contributed by atoms with Gasteiger partial charge in [-0.05, 0) is 53.9 Å². The second-order valence-electron chi connectivity index (χ2n) is 6.95. The van der Waals surface area contributed by atoms with Gasteiger partial charge in [-0.1, -0.05) is 36.4 Å². The molecule has 29 heavy (non-hydrogen) atoms. The summed E-state index contributed by atoms with van der Waals surface area (Å²) in [7, 11) is -3.48. The van der Waals surface area contributed by atoms with Gasteiger partial charge in [-0.15, -0.1) is 11.8 Å². The lowest BCUT2D eigenvalue weighted by molar-refractivity contribution is 0.185. The van der Waals surface area contributed by atoms with Crippen molar-refractivity contribution in [3.8, 4) is 11.5 Å². The summed E-state index contributed by atoms with van der Waals surface area (Å²) in [5, 5.41) is 10.9. The number of thioether (sulfide) groups is 1. The maximum Gasteiger partial charge on any atom is 0.229 e. The highest BCUT2D eigenvalue weighted by Crippen LogP contribution is 2.45. The first-order valence-corrected chi connectivity index (χ1v) is 11.9. The predicted octanol–water partition coefficient (Wildman–Crippen LogP) is 4.60. The summed E-state index contributed by atoms with van der Waals surface area (Å²) in [6, 6.07) is 22.6. The topological polar surface area (TPSA) is 75.6 Å². The van der Waals surface area contributed by atoms with E-state index in [4.69, 9.17) is 4.74 Å². The van der Waals surface area contributed by atoms with Gasteiger partial charge in [0.1, 0.15) is 5.75 Å². The van der Waals surface area contributed by atoms with Crippen molar-refractivity contribution in [1.29, 1.82) is 0 Å². The number of fused-ring (bicyclic) bond motifs is 1. The second kappa shape index (κ2) is 8.10. The SMILES string of the molecule is CS(=O)(=O)Nc1cc2c(cc1Oc1ccccc1)[C@@H](O)[C@@H](Sc1ccccc1)C2. The average molecular weight is 428 g/mol. The molecule has 3 aromatic carbocycles. The van der Waals surface area contributed by atoms with Crippen molar-refractivity contribution in [2.75, 3.05) is 11.0 Å².